The van der Waals surface area contributed by atoms with Gasteiger partial charge in [-0.15, -0.1) is 0 Å². The van der Waals surface area contributed by atoms with Crippen LogP contribution >= 0.6 is 0 Å². The minimum absolute atomic E-state index is 0.496. The van der Waals surface area contributed by atoms with E-state index in [1.165, 1.54) is 25.7 Å². The van der Waals surface area contributed by atoms with Crippen LogP contribution in [0.15, 0.2) is 6.33 Å². The van der Waals surface area contributed by atoms with Crippen LogP contribution in [0.1, 0.15) is 38.2 Å². The summed E-state index contributed by atoms with van der Waals surface area (Å²) >= 11 is 0. The van der Waals surface area contributed by atoms with Crippen molar-refractivity contribution in [3.05, 3.63) is 11.9 Å². The second-order valence-electron chi connectivity index (χ2n) is 4.92. The van der Waals surface area contributed by atoms with E-state index in [2.05, 4.69) is 34.4 Å². The van der Waals surface area contributed by atoms with Crippen LogP contribution in [0.4, 0.5) is 11.6 Å². The molecule has 1 fully saturated rings. The van der Waals surface area contributed by atoms with Gasteiger partial charge in [-0.2, -0.15) is 0 Å². The Labute approximate surface area is 103 Å². The van der Waals surface area contributed by atoms with Gasteiger partial charge in [-0.05, 0) is 32.6 Å². The SMILES string of the molecule is CNc1ncnc(NC(C)C2CCCC2)c1C. The number of nitrogens with one attached hydrogen (secondary N) is 2. The van der Waals surface area contributed by atoms with Crippen molar-refractivity contribution < 1.29 is 0 Å². The Kier molecular flexibility index (Phi) is 3.82. The zero-order valence-electron chi connectivity index (χ0n) is 11.0. The molecule has 1 aromatic rings. The van der Waals surface area contributed by atoms with E-state index >= 15 is 0 Å². The Balaban J connectivity index is 2.07. The Hall–Kier alpha value is -1.32. The highest BCUT2D eigenvalue weighted by Crippen LogP contribution is 2.29. The predicted molar refractivity (Wildman–Crippen MR) is 71.4 cm³/mol. The van der Waals surface area contributed by atoms with Crippen LogP contribution in [0, 0.1) is 12.8 Å². The number of nitrogens with zero attached hydrogens (tertiary/aromatic N) is 2. The van der Waals surface area contributed by atoms with Crippen molar-refractivity contribution in [2.24, 2.45) is 5.92 Å². The van der Waals surface area contributed by atoms with Crippen molar-refractivity contribution in [3.63, 3.8) is 0 Å². The van der Waals surface area contributed by atoms with E-state index in [0.717, 1.165) is 23.1 Å². The van der Waals surface area contributed by atoms with Gasteiger partial charge in [0, 0.05) is 18.7 Å². The van der Waals surface area contributed by atoms with E-state index in [1.54, 1.807) is 6.33 Å². The van der Waals surface area contributed by atoms with Gasteiger partial charge in [-0.3, -0.25) is 0 Å². The second kappa shape index (κ2) is 5.34. The fourth-order valence-corrected chi connectivity index (χ4v) is 2.64. The van der Waals surface area contributed by atoms with E-state index in [9.17, 15) is 0 Å². The molecule has 0 radical (unpaired) electrons. The first-order valence-corrected chi connectivity index (χ1v) is 6.48. The topological polar surface area (TPSA) is 49.8 Å². The highest BCUT2D eigenvalue weighted by atomic mass is 15.1. The minimum atomic E-state index is 0.496. The van der Waals surface area contributed by atoms with Crippen LogP contribution in [0.25, 0.3) is 0 Å². The third-order valence-corrected chi connectivity index (χ3v) is 3.79. The minimum Gasteiger partial charge on any atom is -0.373 e. The van der Waals surface area contributed by atoms with Crippen molar-refractivity contribution in [1.29, 1.82) is 0 Å². The number of rotatable bonds is 4. The maximum absolute atomic E-state index is 4.34. The Morgan fingerprint density at radius 2 is 1.88 bits per heavy atom. The molecule has 1 saturated carbocycles. The molecule has 1 aliphatic carbocycles. The zero-order valence-corrected chi connectivity index (χ0v) is 11.0. The molecule has 0 spiro atoms. The Morgan fingerprint density at radius 1 is 1.24 bits per heavy atom. The van der Waals surface area contributed by atoms with Gasteiger partial charge >= 0.3 is 0 Å². The molecule has 1 atom stereocenters. The van der Waals surface area contributed by atoms with Crippen molar-refractivity contribution in [2.75, 3.05) is 17.7 Å². The molecule has 4 heteroatoms. The van der Waals surface area contributed by atoms with Gasteiger partial charge in [0.1, 0.15) is 18.0 Å². The van der Waals surface area contributed by atoms with Crippen molar-refractivity contribution in [2.45, 2.75) is 45.6 Å². The maximum atomic E-state index is 4.34. The molecule has 2 rings (SSSR count). The maximum Gasteiger partial charge on any atom is 0.134 e. The normalized spacial score (nSPS) is 18.1. The van der Waals surface area contributed by atoms with Crippen molar-refractivity contribution in [3.8, 4) is 0 Å². The van der Waals surface area contributed by atoms with Gasteiger partial charge < -0.3 is 10.6 Å². The van der Waals surface area contributed by atoms with Crippen molar-refractivity contribution >= 4 is 11.6 Å². The molecule has 1 aromatic heterocycles. The lowest BCUT2D eigenvalue weighted by Crippen LogP contribution is -2.25. The quantitative estimate of drug-likeness (QED) is 0.841. The summed E-state index contributed by atoms with van der Waals surface area (Å²) in [5.74, 6) is 2.66. The summed E-state index contributed by atoms with van der Waals surface area (Å²) in [6, 6.07) is 0.496. The largest absolute Gasteiger partial charge is 0.373 e. The van der Waals surface area contributed by atoms with Gasteiger partial charge in [-0.1, -0.05) is 12.8 Å². The number of hydrogen-bond donors (Lipinski definition) is 2. The van der Waals surface area contributed by atoms with Gasteiger partial charge in [0.05, 0.1) is 0 Å². The lowest BCUT2D eigenvalue weighted by atomic mass is 10.00. The molecule has 0 saturated heterocycles. The smallest absolute Gasteiger partial charge is 0.134 e. The van der Waals surface area contributed by atoms with E-state index in [-0.39, 0.29) is 0 Å². The average Bonchev–Trinajstić information content (AvgIpc) is 2.85. The third kappa shape index (κ3) is 2.68. The van der Waals surface area contributed by atoms with E-state index in [1.807, 2.05) is 7.05 Å². The highest BCUT2D eigenvalue weighted by Gasteiger charge is 2.22. The zero-order chi connectivity index (χ0) is 12.3. The summed E-state index contributed by atoms with van der Waals surface area (Å²) in [7, 11) is 1.89. The summed E-state index contributed by atoms with van der Waals surface area (Å²) in [4.78, 5) is 8.54. The molecule has 1 aliphatic rings. The molecule has 0 amide bonds. The lowest BCUT2D eigenvalue weighted by molar-refractivity contribution is 0.481. The molecular formula is C13H22N4. The molecule has 4 nitrogen and oxygen atoms in total. The van der Waals surface area contributed by atoms with E-state index in [0.29, 0.717) is 6.04 Å². The van der Waals surface area contributed by atoms with Crippen LogP contribution < -0.4 is 10.6 Å². The van der Waals surface area contributed by atoms with Gasteiger partial charge in [-0.25, -0.2) is 9.97 Å². The first kappa shape index (κ1) is 12.1. The molecule has 1 unspecified atom stereocenters. The van der Waals surface area contributed by atoms with Gasteiger partial charge in [0.15, 0.2) is 0 Å². The van der Waals surface area contributed by atoms with E-state index < -0.39 is 0 Å². The second-order valence-corrected chi connectivity index (χ2v) is 4.92. The molecular weight excluding hydrogens is 212 g/mol. The van der Waals surface area contributed by atoms with Gasteiger partial charge in [0.2, 0.25) is 0 Å². The molecule has 1 heterocycles. The first-order chi connectivity index (χ1) is 8.22. The van der Waals surface area contributed by atoms with Crippen molar-refractivity contribution in [1.82, 2.24) is 9.97 Å². The third-order valence-electron chi connectivity index (χ3n) is 3.79. The number of hydrogen-bond acceptors (Lipinski definition) is 4. The standard InChI is InChI=1S/C13H22N4/c1-9-12(14-3)15-8-16-13(9)17-10(2)11-6-4-5-7-11/h8,10-11H,4-7H2,1-3H3,(H2,14,15,16,17). The average molecular weight is 234 g/mol. The molecule has 2 N–H and O–H groups in total. The van der Waals surface area contributed by atoms with Crippen LogP contribution in [0.3, 0.4) is 0 Å². The lowest BCUT2D eigenvalue weighted by Gasteiger charge is -2.22. The molecule has 0 bridgehead atoms. The molecule has 17 heavy (non-hydrogen) atoms. The van der Waals surface area contributed by atoms with Crippen LogP contribution in [-0.2, 0) is 0 Å². The van der Waals surface area contributed by atoms with Gasteiger partial charge in [0.25, 0.3) is 0 Å². The monoisotopic (exact) mass is 234 g/mol. The van der Waals surface area contributed by atoms with E-state index in [4.69, 9.17) is 0 Å². The molecule has 94 valence electrons. The summed E-state index contributed by atoms with van der Waals surface area (Å²) < 4.78 is 0. The fraction of sp³-hybridized carbons (Fsp3) is 0.692. The molecule has 0 aromatic carbocycles. The van der Waals surface area contributed by atoms with Crippen LogP contribution in [-0.4, -0.2) is 23.1 Å². The van der Waals surface area contributed by atoms with Crippen LogP contribution in [0.5, 0.6) is 0 Å². The summed E-state index contributed by atoms with van der Waals surface area (Å²) in [5, 5.41) is 6.62. The fourth-order valence-electron chi connectivity index (χ4n) is 2.64. The van der Waals surface area contributed by atoms with Crippen LogP contribution in [0.2, 0.25) is 0 Å². The summed E-state index contributed by atoms with van der Waals surface area (Å²) in [6.07, 6.45) is 7.05. The number of aromatic nitrogens is 2. The highest BCUT2D eigenvalue weighted by molar-refractivity contribution is 5.56. The predicted octanol–water partition coefficient (Wildman–Crippen LogP) is 2.82. The first-order valence-electron chi connectivity index (χ1n) is 6.48. The molecule has 0 aliphatic heterocycles. The number of anilines is 2. The Morgan fingerprint density at radius 3 is 2.53 bits per heavy atom. The summed E-state index contributed by atoms with van der Waals surface area (Å²) in [5.41, 5.74) is 1.10. The Bertz CT molecular complexity index is 372. The summed E-state index contributed by atoms with van der Waals surface area (Å²) in [6.45, 7) is 4.31.